The van der Waals surface area contributed by atoms with E-state index < -0.39 is 0 Å². The van der Waals surface area contributed by atoms with E-state index in [4.69, 9.17) is 4.74 Å². The number of carbonyl (C=O) groups excluding carboxylic acids is 1. The van der Waals surface area contributed by atoms with Gasteiger partial charge in [-0.15, -0.1) is 0 Å². The molecule has 4 nitrogen and oxygen atoms in total. The van der Waals surface area contributed by atoms with Crippen molar-refractivity contribution >= 4 is 18.0 Å². The standard InChI is InChI=1S/C9H14N2O2S/c12-7-8-6-10-9(14-8)11-2-1-4-13-5-3-11/h6-7,9-10H,1-5H2. The van der Waals surface area contributed by atoms with Gasteiger partial charge >= 0.3 is 0 Å². The second kappa shape index (κ2) is 4.82. The number of ether oxygens (including phenoxy) is 1. The SMILES string of the molecule is O=CC1=CNC(N2CCCOCC2)S1. The maximum atomic E-state index is 10.5. The lowest BCUT2D eigenvalue weighted by Gasteiger charge is -2.25. The Balaban J connectivity index is 1.86. The Bertz CT molecular complexity index is 237. The molecule has 1 saturated heterocycles. The molecule has 0 saturated carbocycles. The van der Waals surface area contributed by atoms with E-state index in [1.807, 2.05) is 0 Å². The molecule has 78 valence electrons. The molecule has 1 unspecified atom stereocenters. The topological polar surface area (TPSA) is 41.6 Å². The fourth-order valence-electron chi connectivity index (χ4n) is 1.59. The molecule has 0 amide bonds. The Labute approximate surface area is 87.7 Å². The number of allylic oxidation sites excluding steroid dienone is 1. The van der Waals surface area contributed by atoms with Crippen LogP contribution in [0.2, 0.25) is 0 Å². The summed E-state index contributed by atoms with van der Waals surface area (Å²) in [6, 6.07) is 0. The lowest BCUT2D eigenvalue weighted by molar-refractivity contribution is -0.104. The van der Waals surface area contributed by atoms with Crippen LogP contribution in [-0.4, -0.2) is 43.0 Å². The summed E-state index contributed by atoms with van der Waals surface area (Å²) >= 11 is 1.58. The molecule has 0 aromatic rings. The molecule has 0 bridgehead atoms. The van der Waals surface area contributed by atoms with Crippen molar-refractivity contribution < 1.29 is 9.53 Å². The number of hydrogen-bond acceptors (Lipinski definition) is 5. The monoisotopic (exact) mass is 214 g/mol. The van der Waals surface area contributed by atoms with E-state index in [1.165, 1.54) is 0 Å². The minimum atomic E-state index is 0.219. The van der Waals surface area contributed by atoms with E-state index in [1.54, 1.807) is 18.0 Å². The normalized spacial score (nSPS) is 29.1. The highest BCUT2D eigenvalue weighted by atomic mass is 32.2. The zero-order valence-electron chi connectivity index (χ0n) is 7.94. The lowest BCUT2D eigenvalue weighted by Crippen LogP contribution is -2.40. The van der Waals surface area contributed by atoms with E-state index in [9.17, 15) is 4.79 Å². The summed E-state index contributed by atoms with van der Waals surface area (Å²) in [5, 5.41) is 3.20. The first-order valence-electron chi connectivity index (χ1n) is 4.80. The molecule has 2 heterocycles. The quantitative estimate of drug-likeness (QED) is 0.673. The Morgan fingerprint density at radius 1 is 1.57 bits per heavy atom. The molecule has 0 aromatic heterocycles. The summed E-state index contributed by atoms with van der Waals surface area (Å²) in [5.74, 6) is 0. The average molecular weight is 214 g/mol. The zero-order valence-corrected chi connectivity index (χ0v) is 8.76. The Morgan fingerprint density at radius 2 is 2.50 bits per heavy atom. The fourth-order valence-corrected chi connectivity index (χ4v) is 2.54. The van der Waals surface area contributed by atoms with Crippen molar-refractivity contribution in [2.75, 3.05) is 26.3 Å². The van der Waals surface area contributed by atoms with Gasteiger partial charge in [0.05, 0.1) is 11.5 Å². The summed E-state index contributed by atoms with van der Waals surface area (Å²) in [4.78, 5) is 13.6. The van der Waals surface area contributed by atoms with Gasteiger partial charge in [-0.05, 0) is 6.42 Å². The van der Waals surface area contributed by atoms with E-state index in [-0.39, 0.29) is 5.50 Å². The summed E-state index contributed by atoms with van der Waals surface area (Å²) < 4.78 is 5.37. The second-order valence-electron chi connectivity index (χ2n) is 3.30. The number of carbonyl (C=O) groups is 1. The van der Waals surface area contributed by atoms with Gasteiger partial charge in [-0.2, -0.15) is 0 Å². The largest absolute Gasteiger partial charge is 0.380 e. The van der Waals surface area contributed by atoms with Gasteiger partial charge in [0.25, 0.3) is 0 Å². The third kappa shape index (κ3) is 2.29. The van der Waals surface area contributed by atoms with Crippen LogP contribution in [0.15, 0.2) is 11.1 Å². The van der Waals surface area contributed by atoms with E-state index in [0.29, 0.717) is 0 Å². The third-order valence-corrected chi connectivity index (χ3v) is 3.46. The third-order valence-electron chi connectivity index (χ3n) is 2.32. The van der Waals surface area contributed by atoms with Crippen molar-refractivity contribution in [1.82, 2.24) is 10.2 Å². The maximum Gasteiger partial charge on any atom is 0.157 e. The van der Waals surface area contributed by atoms with Crippen molar-refractivity contribution in [3.63, 3.8) is 0 Å². The van der Waals surface area contributed by atoms with Crippen molar-refractivity contribution in [3.8, 4) is 0 Å². The van der Waals surface area contributed by atoms with Crippen LogP contribution in [0.4, 0.5) is 0 Å². The molecular formula is C9H14N2O2S. The van der Waals surface area contributed by atoms with Crippen LogP contribution >= 0.6 is 11.8 Å². The van der Waals surface area contributed by atoms with Crippen LogP contribution in [0.25, 0.3) is 0 Å². The highest BCUT2D eigenvalue weighted by Crippen LogP contribution is 2.26. The van der Waals surface area contributed by atoms with Crippen LogP contribution in [0, 0.1) is 0 Å². The molecule has 14 heavy (non-hydrogen) atoms. The summed E-state index contributed by atoms with van der Waals surface area (Å²) in [7, 11) is 0. The Hall–Kier alpha value is -0.520. The minimum absolute atomic E-state index is 0.219. The van der Waals surface area contributed by atoms with E-state index in [2.05, 4.69) is 10.2 Å². The number of nitrogens with zero attached hydrogens (tertiary/aromatic N) is 1. The van der Waals surface area contributed by atoms with Crippen molar-refractivity contribution in [3.05, 3.63) is 11.1 Å². The van der Waals surface area contributed by atoms with Crippen molar-refractivity contribution in [2.45, 2.75) is 11.9 Å². The second-order valence-corrected chi connectivity index (χ2v) is 4.46. The fraction of sp³-hybridized carbons (Fsp3) is 0.667. The van der Waals surface area contributed by atoms with Crippen LogP contribution < -0.4 is 5.32 Å². The number of nitrogens with one attached hydrogen (secondary N) is 1. The molecule has 1 atom stereocenters. The van der Waals surface area contributed by atoms with Gasteiger partial charge in [0.2, 0.25) is 0 Å². The van der Waals surface area contributed by atoms with Crippen LogP contribution in [-0.2, 0) is 9.53 Å². The van der Waals surface area contributed by atoms with E-state index >= 15 is 0 Å². The van der Waals surface area contributed by atoms with Gasteiger partial charge < -0.3 is 10.1 Å². The molecule has 2 aliphatic heterocycles. The molecule has 0 radical (unpaired) electrons. The molecule has 0 spiro atoms. The average Bonchev–Trinajstić information content (AvgIpc) is 2.53. The molecule has 0 aromatic carbocycles. The molecule has 2 rings (SSSR count). The molecule has 0 aliphatic carbocycles. The number of hydrogen-bond donors (Lipinski definition) is 1. The smallest absolute Gasteiger partial charge is 0.157 e. The molecule has 2 aliphatic rings. The van der Waals surface area contributed by atoms with Crippen LogP contribution in [0.5, 0.6) is 0 Å². The van der Waals surface area contributed by atoms with Gasteiger partial charge in [0.15, 0.2) is 6.29 Å². The summed E-state index contributed by atoms with van der Waals surface area (Å²) in [6.07, 6.45) is 3.75. The first-order chi connectivity index (χ1) is 6.90. The number of rotatable bonds is 2. The Kier molecular flexibility index (Phi) is 3.44. The predicted molar refractivity (Wildman–Crippen MR) is 55.7 cm³/mol. The van der Waals surface area contributed by atoms with Crippen LogP contribution in [0.1, 0.15) is 6.42 Å². The zero-order chi connectivity index (χ0) is 9.80. The Morgan fingerprint density at radius 3 is 3.29 bits per heavy atom. The van der Waals surface area contributed by atoms with Gasteiger partial charge in [-0.1, -0.05) is 11.8 Å². The van der Waals surface area contributed by atoms with Crippen molar-refractivity contribution in [2.24, 2.45) is 0 Å². The first-order valence-corrected chi connectivity index (χ1v) is 5.68. The van der Waals surface area contributed by atoms with Gasteiger partial charge in [-0.3, -0.25) is 9.69 Å². The van der Waals surface area contributed by atoms with E-state index in [0.717, 1.165) is 43.9 Å². The number of thioether (sulfide) groups is 1. The minimum Gasteiger partial charge on any atom is -0.380 e. The maximum absolute atomic E-state index is 10.5. The molecule has 5 heteroatoms. The highest BCUT2D eigenvalue weighted by Gasteiger charge is 2.24. The van der Waals surface area contributed by atoms with Gasteiger partial charge in [0, 0.05) is 25.9 Å². The summed E-state index contributed by atoms with van der Waals surface area (Å²) in [6.45, 7) is 3.60. The van der Waals surface area contributed by atoms with Gasteiger partial charge in [-0.25, -0.2) is 0 Å². The van der Waals surface area contributed by atoms with Gasteiger partial charge in [0.1, 0.15) is 5.50 Å². The summed E-state index contributed by atoms with van der Waals surface area (Å²) in [5.41, 5.74) is 0.219. The first kappa shape index (κ1) is 10.0. The molecular weight excluding hydrogens is 200 g/mol. The molecule has 1 N–H and O–H groups in total. The molecule has 1 fully saturated rings. The predicted octanol–water partition coefficient (Wildman–Crippen LogP) is 0.369. The van der Waals surface area contributed by atoms with Crippen LogP contribution in [0.3, 0.4) is 0 Å². The number of aldehydes is 1. The highest BCUT2D eigenvalue weighted by molar-refractivity contribution is 8.04. The lowest BCUT2D eigenvalue weighted by atomic mass is 10.4. The van der Waals surface area contributed by atoms with Crippen molar-refractivity contribution in [1.29, 1.82) is 0 Å².